The quantitative estimate of drug-likeness (QED) is 0.513. The summed E-state index contributed by atoms with van der Waals surface area (Å²) in [5, 5.41) is 10.5. The number of benzene rings is 2. The highest BCUT2D eigenvalue weighted by Gasteiger charge is 2.35. The van der Waals surface area contributed by atoms with Crippen molar-refractivity contribution < 1.29 is 37.2 Å². The predicted molar refractivity (Wildman–Crippen MR) is 115 cm³/mol. The first-order chi connectivity index (χ1) is 16.3. The number of halogens is 2. The number of amides is 1. The van der Waals surface area contributed by atoms with E-state index in [1.54, 1.807) is 24.3 Å². The largest absolute Gasteiger partial charge is 0.493 e. The molecule has 3 atom stereocenters. The molecule has 0 saturated heterocycles. The molecular formula is C23H23F2N3O6. The van der Waals surface area contributed by atoms with E-state index in [-0.39, 0.29) is 35.5 Å². The molecule has 34 heavy (non-hydrogen) atoms. The van der Waals surface area contributed by atoms with Gasteiger partial charge in [0.15, 0.2) is 11.5 Å². The lowest BCUT2D eigenvalue weighted by atomic mass is 9.78. The molecule has 4 rings (SSSR count). The summed E-state index contributed by atoms with van der Waals surface area (Å²) in [4.78, 5) is 24.5. The van der Waals surface area contributed by atoms with Gasteiger partial charge in [0.05, 0.1) is 7.11 Å². The normalized spacial score (nSPS) is 20.2. The van der Waals surface area contributed by atoms with Gasteiger partial charge in [0, 0.05) is 24.4 Å². The van der Waals surface area contributed by atoms with E-state index < -0.39 is 12.6 Å². The number of alkyl halides is 2. The van der Waals surface area contributed by atoms with Gasteiger partial charge in [-0.15, -0.1) is 0 Å². The number of ether oxygens (including phenoxy) is 3. The maximum absolute atomic E-state index is 13.0. The maximum atomic E-state index is 13.0. The van der Waals surface area contributed by atoms with Crippen LogP contribution in [-0.4, -0.2) is 48.1 Å². The Morgan fingerprint density at radius 2 is 1.88 bits per heavy atom. The van der Waals surface area contributed by atoms with Gasteiger partial charge < -0.3 is 19.5 Å². The number of carbonyl (C=O) groups excluding carboxylic acids is 2. The average Bonchev–Trinajstić information content (AvgIpc) is 3.27. The summed E-state index contributed by atoms with van der Waals surface area (Å²) >= 11 is 0. The van der Waals surface area contributed by atoms with Gasteiger partial charge in [0.2, 0.25) is 0 Å². The van der Waals surface area contributed by atoms with E-state index in [1.165, 1.54) is 26.2 Å². The van der Waals surface area contributed by atoms with Crippen molar-refractivity contribution in [3.8, 4) is 11.5 Å². The summed E-state index contributed by atoms with van der Waals surface area (Å²) in [6, 6.07) is 9.20. The van der Waals surface area contributed by atoms with Crippen molar-refractivity contribution in [2.24, 2.45) is 0 Å². The van der Waals surface area contributed by atoms with E-state index in [9.17, 15) is 18.4 Å². The van der Waals surface area contributed by atoms with Crippen LogP contribution in [0.3, 0.4) is 0 Å². The summed E-state index contributed by atoms with van der Waals surface area (Å²) in [7, 11) is 1.36. The molecule has 1 aromatic heterocycles. The lowest BCUT2D eigenvalue weighted by Crippen LogP contribution is -2.44. The molecule has 3 unspecified atom stereocenters. The maximum Gasteiger partial charge on any atom is 0.387 e. The van der Waals surface area contributed by atoms with Crippen molar-refractivity contribution in [1.29, 1.82) is 0 Å². The zero-order valence-electron chi connectivity index (χ0n) is 18.5. The summed E-state index contributed by atoms with van der Waals surface area (Å²) in [6.07, 6.45) is 1.09. The number of esters is 1. The molecule has 180 valence electrons. The molecule has 1 fully saturated rings. The zero-order chi connectivity index (χ0) is 24.2. The Hall–Kier alpha value is -3.76. The minimum absolute atomic E-state index is 0.112. The summed E-state index contributed by atoms with van der Waals surface area (Å²) in [5.41, 5.74) is 2.00. The molecule has 0 aliphatic heterocycles. The van der Waals surface area contributed by atoms with Crippen LogP contribution in [0.1, 0.15) is 48.0 Å². The first kappa shape index (κ1) is 23.4. The second-order valence-electron chi connectivity index (χ2n) is 7.99. The van der Waals surface area contributed by atoms with Gasteiger partial charge >= 0.3 is 12.6 Å². The predicted octanol–water partition coefficient (Wildman–Crippen LogP) is 3.83. The summed E-state index contributed by atoms with van der Waals surface area (Å²) in [6.45, 7) is -1.69. The van der Waals surface area contributed by atoms with E-state index in [2.05, 4.69) is 25.0 Å². The average molecular weight is 475 g/mol. The van der Waals surface area contributed by atoms with Crippen molar-refractivity contribution in [3.05, 3.63) is 47.5 Å². The van der Waals surface area contributed by atoms with Crippen LogP contribution in [0.25, 0.3) is 11.0 Å². The Bertz CT molecular complexity index is 1180. The lowest BCUT2D eigenvalue weighted by Gasteiger charge is -2.36. The van der Waals surface area contributed by atoms with E-state index in [4.69, 9.17) is 9.47 Å². The van der Waals surface area contributed by atoms with Crippen LogP contribution in [0, 0.1) is 0 Å². The van der Waals surface area contributed by atoms with E-state index >= 15 is 0 Å². The first-order valence-corrected chi connectivity index (χ1v) is 10.7. The van der Waals surface area contributed by atoms with Crippen molar-refractivity contribution in [2.75, 3.05) is 7.11 Å². The highest BCUT2D eigenvalue weighted by Crippen LogP contribution is 2.39. The number of methoxy groups -OCH3 is 1. The number of rotatable bonds is 7. The second kappa shape index (κ2) is 10.0. The molecule has 0 bridgehead atoms. The van der Waals surface area contributed by atoms with Gasteiger partial charge in [0.1, 0.15) is 17.1 Å². The number of hydrogen-bond acceptors (Lipinski definition) is 8. The Balaban J connectivity index is 1.61. The van der Waals surface area contributed by atoms with Crippen LogP contribution >= 0.6 is 0 Å². The second-order valence-corrected chi connectivity index (χ2v) is 7.99. The minimum Gasteiger partial charge on any atom is -0.493 e. The molecule has 1 heterocycles. The van der Waals surface area contributed by atoms with Crippen LogP contribution in [-0.2, 0) is 9.53 Å². The molecule has 3 aromatic rings. The van der Waals surface area contributed by atoms with Crippen molar-refractivity contribution in [2.45, 2.75) is 50.9 Å². The van der Waals surface area contributed by atoms with Crippen LogP contribution in [0.2, 0.25) is 0 Å². The van der Waals surface area contributed by atoms with Crippen LogP contribution < -0.4 is 14.8 Å². The van der Waals surface area contributed by atoms with Gasteiger partial charge in [0.25, 0.3) is 5.91 Å². The van der Waals surface area contributed by atoms with Crippen LogP contribution in [0.4, 0.5) is 8.78 Å². The van der Waals surface area contributed by atoms with Gasteiger partial charge in [-0.1, -0.05) is 6.07 Å². The number of nitrogens with zero attached hydrogens (tertiary/aromatic N) is 2. The molecule has 2 aromatic carbocycles. The Morgan fingerprint density at radius 3 is 2.62 bits per heavy atom. The standard InChI is InChI=1S/C23H23F2N3O6/c1-12(29)32-15-5-7-17(26-22(30)14-3-6-18-19(9-14)28-34-27-18)16(11-15)13-4-8-20(31-2)21(10-13)33-23(24)25/h3-4,6,8-10,15-17,23H,5,7,11H2,1-2H3,(H,26,30). The third-order valence-electron chi connectivity index (χ3n) is 5.80. The van der Waals surface area contributed by atoms with Crippen LogP contribution in [0.5, 0.6) is 11.5 Å². The summed E-state index contributed by atoms with van der Waals surface area (Å²) < 4.78 is 45.7. The highest BCUT2D eigenvalue weighted by molar-refractivity contribution is 5.97. The fourth-order valence-corrected chi connectivity index (χ4v) is 4.30. The number of carbonyl (C=O) groups is 2. The number of fused-ring (bicyclic) bond motifs is 1. The topological polar surface area (TPSA) is 113 Å². The molecule has 1 aliphatic rings. The fraction of sp³-hybridized carbons (Fsp3) is 0.391. The minimum atomic E-state index is -3.03. The molecule has 0 spiro atoms. The highest BCUT2D eigenvalue weighted by atomic mass is 19.3. The van der Waals surface area contributed by atoms with Crippen molar-refractivity contribution >= 4 is 22.9 Å². The third kappa shape index (κ3) is 5.24. The SMILES string of the molecule is COc1ccc(C2CC(OC(C)=O)CCC2NC(=O)c2ccc3nonc3c2)cc1OC(F)F. The summed E-state index contributed by atoms with van der Waals surface area (Å²) in [5.74, 6) is -1.02. The molecular weight excluding hydrogens is 452 g/mol. The van der Waals surface area contributed by atoms with Gasteiger partial charge in [-0.25, -0.2) is 4.63 Å². The molecule has 1 saturated carbocycles. The van der Waals surface area contributed by atoms with E-state index in [1.807, 2.05) is 0 Å². The fourth-order valence-electron chi connectivity index (χ4n) is 4.30. The molecule has 11 heteroatoms. The monoisotopic (exact) mass is 475 g/mol. The molecule has 1 N–H and O–H groups in total. The van der Waals surface area contributed by atoms with Gasteiger partial charge in [-0.2, -0.15) is 8.78 Å². The molecule has 9 nitrogen and oxygen atoms in total. The van der Waals surface area contributed by atoms with E-state index in [0.29, 0.717) is 41.4 Å². The van der Waals surface area contributed by atoms with Crippen molar-refractivity contribution in [3.63, 3.8) is 0 Å². The Labute approximate surface area is 193 Å². The van der Waals surface area contributed by atoms with Crippen LogP contribution in [0.15, 0.2) is 41.0 Å². The number of aromatic nitrogens is 2. The van der Waals surface area contributed by atoms with Gasteiger partial charge in [-0.3, -0.25) is 9.59 Å². The smallest absolute Gasteiger partial charge is 0.387 e. The number of hydrogen-bond donors (Lipinski definition) is 1. The Morgan fingerprint density at radius 1 is 1.09 bits per heavy atom. The Kier molecular flexibility index (Phi) is 6.90. The van der Waals surface area contributed by atoms with Gasteiger partial charge in [-0.05, 0) is 65.5 Å². The first-order valence-electron chi connectivity index (χ1n) is 10.7. The third-order valence-corrected chi connectivity index (χ3v) is 5.80. The number of nitrogens with one attached hydrogen (secondary N) is 1. The lowest BCUT2D eigenvalue weighted by molar-refractivity contribution is -0.148. The zero-order valence-corrected chi connectivity index (χ0v) is 18.5. The molecule has 0 radical (unpaired) electrons. The van der Waals surface area contributed by atoms with E-state index in [0.717, 1.165) is 0 Å². The molecule has 1 aliphatic carbocycles. The molecule has 1 amide bonds. The van der Waals surface area contributed by atoms with Crippen molar-refractivity contribution in [1.82, 2.24) is 15.6 Å².